The first kappa shape index (κ1) is 22.9. The maximum Gasteiger partial charge on any atom is 0.0554 e. The normalized spacial score (nSPS) is 12.5. The molecule has 0 atom stereocenters. The minimum absolute atomic E-state index is 1.05. The molecule has 2 aromatic rings. The van der Waals surface area contributed by atoms with Crippen molar-refractivity contribution < 1.29 is 0 Å². The van der Waals surface area contributed by atoms with E-state index >= 15 is 0 Å². The molecule has 0 radical (unpaired) electrons. The zero-order chi connectivity index (χ0) is 21.5. The van der Waals surface area contributed by atoms with Crippen LogP contribution in [0.2, 0.25) is 0 Å². The molecule has 0 bridgehead atoms. The van der Waals surface area contributed by atoms with Crippen LogP contribution in [0.5, 0.6) is 0 Å². The summed E-state index contributed by atoms with van der Waals surface area (Å²) in [6.07, 6.45) is 5.15. The van der Waals surface area contributed by atoms with Gasteiger partial charge >= 0.3 is 0 Å². The lowest BCUT2D eigenvalue weighted by Crippen LogP contribution is -2.25. The number of anilines is 4. The van der Waals surface area contributed by atoms with Crippen molar-refractivity contribution in [3.63, 3.8) is 0 Å². The topological polar surface area (TPSA) is 9.72 Å². The Hall–Kier alpha value is -1.81. The molecular formula is C26H39N3S. The summed E-state index contributed by atoms with van der Waals surface area (Å²) >= 11 is 1.94. The molecule has 0 aliphatic carbocycles. The fourth-order valence-corrected chi connectivity index (χ4v) is 5.53. The van der Waals surface area contributed by atoms with Crippen molar-refractivity contribution in [3.05, 3.63) is 36.4 Å². The van der Waals surface area contributed by atoms with E-state index in [9.17, 15) is 0 Å². The summed E-state index contributed by atoms with van der Waals surface area (Å²) < 4.78 is 0. The third kappa shape index (κ3) is 4.91. The Kier molecular flexibility index (Phi) is 8.38. The van der Waals surface area contributed by atoms with Crippen LogP contribution in [-0.4, -0.2) is 32.7 Å². The van der Waals surface area contributed by atoms with E-state index in [1.54, 1.807) is 0 Å². The van der Waals surface area contributed by atoms with Crippen molar-refractivity contribution in [3.8, 4) is 0 Å². The van der Waals surface area contributed by atoms with Gasteiger partial charge in [0.2, 0.25) is 0 Å². The Morgan fingerprint density at radius 3 is 1.60 bits per heavy atom. The highest BCUT2D eigenvalue weighted by Crippen LogP contribution is 2.50. The second-order valence-corrected chi connectivity index (χ2v) is 9.05. The molecule has 3 rings (SSSR count). The molecular weight excluding hydrogens is 386 g/mol. The molecule has 2 aromatic carbocycles. The largest absolute Gasteiger partial charge is 0.372 e. The standard InChI is InChI=1S/C26H39N3S/c1-6-11-12-13-18-29-23-16-14-21(27(7-2)8-3)19-25(23)30-26-20-22(15-17-24(26)29)28(9-4)10-5/h14-17,19-20H,6-13,18H2,1-5H3. The van der Waals surface area contributed by atoms with Crippen LogP contribution in [0, 0.1) is 0 Å². The Balaban J connectivity index is 1.98. The maximum absolute atomic E-state index is 2.56. The van der Waals surface area contributed by atoms with Gasteiger partial charge in [-0.25, -0.2) is 0 Å². The molecule has 0 saturated heterocycles. The number of hydrogen-bond donors (Lipinski definition) is 0. The number of benzene rings is 2. The molecule has 0 spiro atoms. The lowest BCUT2D eigenvalue weighted by molar-refractivity contribution is 0.665. The summed E-state index contributed by atoms with van der Waals surface area (Å²) in [5, 5.41) is 0. The first-order valence-electron chi connectivity index (χ1n) is 11.9. The number of fused-ring (bicyclic) bond motifs is 2. The molecule has 30 heavy (non-hydrogen) atoms. The Bertz CT molecular complexity index is 750. The molecule has 1 heterocycles. The fraction of sp³-hybridized carbons (Fsp3) is 0.538. The summed E-state index contributed by atoms with van der Waals surface area (Å²) in [5.74, 6) is 0. The summed E-state index contributed by atoms with van der Waals surface area (Å²) in [6, 6.07) is 14.1. The van der Waals surface area contributed by atoms with Gasteiger partial charge in [-0.15, -0.1) is 0 Å². The summed E-state index contributed by atoms with van der Waals surface area (Å²) in [6.45, 7) is 16.5. The van der Waals surface area contributed by atoms with Gasteiger partial charge in [0.25, 0.3) is 0 Å². The fourth-order valence-electron chi connectivity index (χ4n) is 4.37. The van der Waals surface area contributed by atoms with Crippen LogP contribution in [0.15, 0.2) is 46.2 Å². The van der Waals surface area contributed by atoms with Crippen molar-refractivity contribution in [2.24, 2.45) is 0 Å². The van der Waals surface area contributed by atoms with Gasteiger partial charge in [-0.1, -0.05) is 37.9 Å². The Morgan fingerprint density at radius 2 is 1.17 bits per heavy atom. The van der Waals surface area contributed by atoms with E-state index in [4.69, 9.17) is 0 Å². The molecule has 4 heteroatoms. The number of hydrogen-bond acceptors (Lipinski definition) is 4. The highest BCUT2D eigenvalue weighted by Gasteiger charge is 2.24. The molecule has 1 aliphatic rings. The molecule has 0 aromatic heterocycles. The van der Waals surface area contributed by atoms with E-state index in [2.05, 4.69) is 85.7 Å². The van der Waals surface area contributed by atoms with E-state index in [1.165, 1.54) is 58.2 Å². The van der Waals surface area contributed by atoms with Crippen LogP contribution in [-0.2, 0) is 0 Å². The molecule has 3 nitrogen and oxygen atoms in total. The Morgan fingerprint density at radius 1 is 0.667 bits per heavy atom. The predicted octanol–water partition coefficient (Wildman–Crippen LogP) is 7.56. The smallest absolute Gasteiger partial charge is 0.0554 e. The van der Waals surface area contributed by atoms with E-state index in [0.717, 1.165) is 32.7 Å². The SMILES string of the molecule is CCCCCCN1c2ccc(N(CC)CC)cc2Sc2cc(N(CC)CC)ccc21. The summed E-state index contributed by atoms with van der Waals surface area (Å²) in [7, 11) is 0. The zero-order valence-corrected chi connectivity index (χ0v) is 20.4. The number of unbranched alkanes of at least 4 members (excludes halogenated alkanes) is 3. The second-order valence-electron chi connectivity index (χ2n) is 7.96. The molecule has 0 unspecified atom stereocenters. The molecule has 0 amide bonds. The van der Waals surface area contributed by atoms with Gasteiger partial charge in [-0.2, -0.15) is 0 Å². The van der Waals surface area contributed by atoms with Crippen LogP contribution >= 0.6 is 11.8 Å². The summed E-state index contributed by atoms with van der Waals surface area (Å²) in [4.78, 5) is 10.2. The lowest BCUT2D eigenvalue weighted by atomic mass is 10.1. The second kappa shape index (κ2) is 11.0. The van der Waals surface area contributed by atoms with Crippen LogP contribution < -0.4 is 14.7 Å². The van der Waals surface area contributed by atoms with Gasteiger partial charge in [0.05, 0.1) is 11.4 Å². The van der Waals surface area contributed by atoms with E-state index < -0.39 is 0 Å². The van der Waals surface area contributed by atoms with Gasteiger partial charge in [-0.3, -0.25) is 0 Å². The van der Waals surface area contributed by atoms with Gasteiger partial charge in [0, 0.05) is 53.9 Å². The number of nitrogens with zero attached hydrogens (tertiary/aromatic N) is 3. The zero-order valence-electron chi connectivity index (χ0n) is 19.6. The van der Waals surface area contributed by atoms with Gasteiger partial charge in [0.1, 0.15) is 0 Å². The van der Waals surface area contributed by atoms with Crippen molar-refractivity contribution in [1.29, 1.82) is 0 Å². The molecule has 0 N–H and O–H groups in total. The van der Waals surface area contributed by atoms with Crippen molar-refractivity contribution >= 4 is 34.5 Å². The molecule has 164 valence electrons. The first-order chi connectivity index (χ1) is 14.7. The van der Waals surface area contributed by atoms with E-state index in [-0.39, 0.29) is 0 Å². The molecule has 0 fully saturated rings. The third-order valence-electron chi connectivity index (χ3n) is 6.18. The van der Waals surface area contributed by atoms with Crippen molar-refractivity contribution in [2.45, 2.75) is 70.1 Å². The van der Waals surface area contributed by atoms with E-state index in [1.807, 2.05) is 11.8 Å². The minimum atomic E-state index is 1.05. The molecule has 1 aliphatic heterocycles. The lowest BCUT2D eigenvalue weighted by Gasteiger charge is -2.35. The average molecular weight is 426 g/mol. The van der Waals surface area contributed by atoms with Gasteiger partial charge in [-0.05, 0) is 70.5 Å². The van der Waals surface area contributed by atoms with Crippen LogP contribution in [0.3, 0.4) is 0 Å². The van der Waals surface area contributed by atoms with Gasteiger partial charge < -0.3 is 14.7 Å². The third-order valence-corrected chi connectivity index (χ3v) is 7.27. The maximum atomic E-state index is 2.56. The monoisotopic (exact) mass is 425 g/mol. The van der Waals surface area contributed by atoms with Crippen molar-refractivity contribution in [1.82, 2.24) is 0 Å². The predicted molar refractivity (Wildman–Crippen MR) is 135 cm³/mol. The highest BCUT2D eigenvalue weighted by atomic mass is 32.2. The quantitative estimate of drug-likeness (QED) is 0.343. The minimum Gasteiger partial charge on any atom is -0.372 e. The van der Waals surface area contributed by atoms with E-state index in [0.29, 0.717) is 0 Å². The first-order valence-corrected chi connectivity index (χ1v) is 12.7. The highest BCUT2D eigenvalue weighted by molar-refractivity contribution is 7.99. The summed E-state index contributed by atoms with van der Waals surface area (Å²) in [5.41, 5.74) is 5.41. The van der Waals surface area contributed by atoms with Crippen molar-refractivity contribution in [2.75, 3.05) is 47.4 Å². The average Bonchev–Trinajstić information content (AvgIpc) is 2.77. The van der Waals surface area contributed by atoms with Crippen LogP contribution in [0.1, 0.15) is 60.3 Å². The Labute approximate surface area is 188 Å². The molecule has 0 saturated carbocycles. The number of rotatable bonds is 11. The van der Waals surface area contributed by atoms with Crippen LogP contribution in [0.25, 0.3) is 0 Å². The van der Waals surface area contributed by atoms with Crippen LogP contribution in [0.4, 0.5) is 22.7 Å². The van der Waals surface area contributed by atoms with Gasteiger partial charge in [0.15, 0.2) is 0 Å².